The predicted molar refractivity (Wildman–Crippen MR) is 71.6 cm³/mol. The van der Waals surface area contributed by atoms with E-state index in [1.807, 2.05) is 0 Å². The van der Waals surface area contributed by atoms with Crippen LogP contribution in [-0.4, -0.2) is 39.2 Å². The fourth-order valence-electron chi connectivity index (χ4n) is 2.18. The largest absolute Gasteiger partial charge is 0.465 e. The summed E-state index contributed by atoms with van der Waals surface area (Å²) in [5.74, 6) is -2.26. The highest BCUT2D eigenvalue weighted by atomic mass is 32.2. The number of nitrogens with zero attached hydrogens (tertiary/aromatic N) is 1. The number of nitrogens with two attached hydrogens (primary N) is 1. The van der Waals surface area contributed by atoms with Crippen LogP contribution >= 0.6 is 0 Å². The third-order valence-electron chi connectivity index (χ3n) is 3.22. The van der Waals surface area contributed by atoms with Gasteiger partial charge in [-0.2, -0.15) is 0 Å². The summed E-state index contributed by atoms with van der Waals surface area (Å²) in [6.45, 7) is -0.303. The molecule has 0 aliphatic carbocycles. The smallest absolute Gasteiger partial charge is 0.340 e. The Kier molecular flexibility index (Phi) is 3.97. The molecule has 0 spiro atoms. The van der Waals surface area contributed by atoms with Crippen LogP contribution in [0.2, 0.25) is 0 Å². The van der Waals surface area contributed by atoms with Gasteiger partial charge in [0.05, 0.1) is 18.4 Å². The molecule has 1 amide bonds. The third kappa shape index (κ3) is 2.88. The van der Waals surface area contributed by atoms with E-state index in [1.165, 1.54) is 12.1 Å². The van der Waals surface area contributed by atoms with Gasteiger partial charge in [-0.1, -0.05) is 6.07 Å². The lowest BCUT2D eigenvalue weighted by atomic mass is 10.1. The van der Waals surface area contributed by atoms with Gasteiger partial charge >= 0.3 is 5.97 Å². The van der Waals surface area contributed by atoms with Crippen LogP contribution in [0.3, 0.4) is 0 Å². The summed E-state index contributed by atoms with van der Waals surface area (Å²) in [5, 5.41) is 3.88. The normalized spacial score (nSPS) is 18.9. The molecule has 0 saturated carbocycles. The molecule has 1 atom stereocenters. The summed E-state index contributed by atoms with van der Waals surface area (Å²) in [6.07, 6.45) is -0.353. The molecule has 9 heteroatoms. The Morgan fingerprint density at radius 1 is 1.48 bits per heavy atom. The van der Waals surface area contributed by atoms with E-state index in [2.05, 4.69) is 4.74 Å². The maximum atomic E-state index is 14.0. The van der Waals surface area contributed by atoms with E-state index in [0.29, 0.717) is 0 Å². The molecule has 7 nitrogen and oxygen atoms in total. The molecule has 21 heavy (non-hydrogen) atoms. The number of methoxy groups -OCH3 is 1. The Morgan fingerprint density at radius 2 is 2.14 bits per heavy atom. The van der Waals surface area contributed by atoms with Gasteiger partial charge in [-0.05, 0) is 12.1 Å². The second-order valence-corrected chi connectivity index (χ2v) is 6.39. The maximum absolute atomic E-state index is 14.0. The van der Waals surface area contributed by atoms with Crippen molar-refractivity contribution in [3.05, 3.63) is 29.6 Å². The lowest BCUT2D eigenvalue weighted by Crippen LogP contribution is -2.33. The number of para-hydroxylation sites is 1. The second kappa shape index (κ2) is 5.41. The number of hydrogen-bond acceptors (Lipinski definition) is 5. The number of hydrogen-bond donors (Lipinski definition) is 1. The molecule has 1 aliphatic rings. The number of ether oxygens (including phenoxy) is 1. The van der Waals surface area contributed by atoms with Crippen molar-refractivity contribution in [2.24, 2.45) is 5.14 Å². The molecule has 0 radical (unpaired) electrons. The van der Waals surface area contributed by atoms with E-state index >= 15 is 0 Å². The van der Waals surface area contributed by atoms with E-state index in [4.69, 9.17) is 5.14 Å². The van der Waals surface area contributed by atoms with Gasteiger partial charge in [-0.15, -0.1) is 0 Å². The van der Waals surface area contributed by atoms with Crippen LogP contribution in [0.4, 0.5) is 10.1 Å². The van der Waals surface area contributed by atoms with Crippen LogP contribution in [0, 0.1) is 5.82 Å². The molecule has 1 saturated heterocycles. The first kappa shape index (κ1) is 15.4. The number of carbonyl (C=O) groups is 2. The van der Waals surface area contributed by atoms with Gasteiger partial charge < -0.3 is 9.64 Å². The minimum Gasteiger partial charge on any atom is -0.465 e. The Morgan fingerprint density at radius 3 is 2.67 bits per heavy atom. The zero-order valence-corrected chi connectivity index (χ0v) is 11.9. The number of amides is 1. The van der Waals surface area contributed by atoms with E-state index in [1.54, 1.807) is 0 Å². The molecular formula is C12H13FN2O5S. The number of benzene rings is 1. The highest BCUT2D eigenvalue weighted by Gasteiger charge is 2.39. The Balaban J connectivity index is 2.48. The molecule has 1 fully saturated rings. The molecule has 0 aromatic heterocycles. The number of primary sulfonamides is 1. The van der Waals surface area contributed by atoms with Crippen LogP contribution in [0.25, 0.3) is 0 Å². The van der Waals surface area contributed by atoms with E-state index < -0.39 is 33.0 Å². The van der Waals surface area contributed by atoms with E-state index in [-0.39, 0.29) is 24.2 Å². The van der Waals surface area contributed by atoms with Crippen LogP contribution in [0.15, 0.2) is 18.2 Å². The average molecular weight is 316 g/mol. The minimum absolute atomic E-state index is 0.152. The molecule has 1 aliphatic heterocycles. The number of sulfonamides is 1. The maximum Gasteiger partial charge on any atom is 0.340 e. The number of carbonyl (C=O) groups excluding carboxylic acids is 2. The van der Waals surface area contributed by atoms with Gasteiger partial charge in [0.25, 0.3) is 0 Å². The van der Waals surface area contributed by atoms with Gasteiger partial charge in [0, 0.05) is 13.0 Å². The molecule has 114 valence electrons. The summed E-state index contributed by atoms with van der Waals surface area (Å²) < 4.78 is 41.2. The highest BCUT2D eigenvalue weighted by Crippen LogP contribution is 2.30. The summed E-state index contributed by atoms with van der Waals surface area (Å²) in [4.78, 5) is 24.5. The average Bonchev–Trinajstić information content (AvgIpc) is 2.79. The molecule has 1 aromatic carbocycles. The number of anilines is 1. The molecular weight excluding hydrogens is 303 g/mol. The van der Waals surface area contributed by atoms with Crippen LogP contribution in [-0.2, 0) is 19.6 Å². The lowest BCUT2D eigenvalue weighted by Gasteiger charge is -2.19. The van der Waals surface area contributed by atoms with Crippen LogP contribution in [0.1, 0.15) is 16.8 Å². The number of halogens is 1. The molecule has 2 rings (SSSR count). The van der Waals surface area contributed by atoms with Crippen LogP contribution in [0.5, 0.6) is 0 Å². The summed E-state index contributed by atoms with van der Waals surface area (Å²) >= 11 is 0. The minimum atomic E-state index is -3.93. The number of rotatable bonds is 3. The van der Waals surface area contributed by atoms with Gasteiger partial charge in [0.2, 0.25) is 15.9 Å². The Bertz CT molecular complexity index is 704. The Hall–Kier alpha value is -2.00. The van der Waals surface area contributed by atoms with Gasteiger partial charge in [0.1, 0.15) is 11.1 Å². The standard InChI is InChI=1S/C12H13FN2O5S/c1-20-12(17)8-3-2-4-9(13)11(8)15-6-7(5-10(15)16)21(14,18)19/h2-4,7H,5-6H2,1H3,(H2,14,18,19). The van der Waals surface area contributed by atoms with Crippen LogP contribution < -0.4 is 10.0 Å². The van der Waals surface area contributed by atoms with Crippen molar-refractivity contribution in [2.45, 2.75) is 11.7 Å². The zero-order chi connectivity index (χ0) is 15.8. The van der Waals surface area contributed by atoms with Crippen molar-refractivity contribution < 1.29 is 27.1 Å². The molecule has 1 heterocycles. The van der Waals surface area contributed by atoms with E-state index in [0.717, 1.165) is 18.1 Å². The van der Waals surface area contributed by atoms with Crippen molar-refractivity contribution in [2.75, 3.05) is 18.6 Å². The fraction of sp³-hybridized carbons (Fsp3) is 0.333. The van der Waals surface area contributed by atoms with Crippen molar-refractivity contribution in [1.29, 1.82) is 0 Å². The molecule has 0 bridgehead atoms. The van der Waals surface area contributed by atoms with Crippen molar-refractivity contribution in [3.63, 3.8) is 0 Å². The predicted octanol–water partition coefficient (Wildman–Crippen LogP) is 0.00610. The van der Waals surface area contributed by atoms with Gasteiger partial charge in [0.15, 0.2) is 0 Å². The lowest BCUT2D eigenvalue weighted by molar-refractivity contribution is -0.117. The third-order valence-corrected chi connectivity index (χ3v) is 4.46. The molecule has 2 N–H and O–H groups in total. The molecule has 1 unspecified atom stereocenters. The quantitative estimate of drug-likeness (QED) is 0.790. The first-order valence-electron chi connectivity index (χ1n) is 5.94. The Labute approximate surface area is 120 Å². The molecule has 1 aromatic rings. The first-order valence-corrected chi connectivity index (χ1v) is 7.55. The summed E-state index contributed by atoms with van der Waals surface area (Å²) in [5.41, 5.74) is -0.443. The van der Waals surface area contributed by atoms with Gasteiger partial charge in [-0.3, -0.25) is 4.79 Å². The summed E-state index contributed by atoms with van der Waals surface area (Å²) in [7, 11) is -2.81. The first-order chi connectivity index (χ1) is 9.75. The number of esters is 1. The van der Waals surface area contributed by atoms with E-state index in [9.17, 15) is 22.4 Å². The van der Waals surface area contributed by atoms with Gasteiger partial charge in [-0.25, -0.2) is 22.7 Å². The highest BCUT2D eigenvalue weighted by molar-refractivity contribution is 7.89. The SMILES string of the molecule is COC(=O)c1cccc(F)c1N1CC(S(N)(=O)=O)CC1=O. The fourth-order valence-corrected chi connectivity index (χ4v) is 2.91. The second-order valence-electron chi connectivity index (χ2n) is 4.55. The zero-order valence-electron chi connectivity index (χ0n) is 11.1. The monoisotopic (exact) mass is 316 g/mol. The summed E-state index contributed by atoms with van der Waals surface area (Å²) in [6, 6.07) is 3.66. The topological polar surface area (TPSA) is 107 Å². The van der Waals surface area contributed by atoms with Crippen molar-refractivity contribution in [3.8, 4) is 0 Å². The van der Waals surface area contributed by atoms with Crippen molar-refractivity contribution in [1.82, 2.24) is 0 Å². The van der Waals surface area contributed by atoms with Crippen molar-refractivity contribution >= 4 is 27.6 Å².